The van der Waals surface area contributed by atoms with Crippen LogP contribution in [0.25, 0.3) is 0 Å². The van der Waals surface area contributed by atoms with Gasteiger partial charge in [-0.05, 0) is 0 Å². The first kappa shape index (κ1) is 13.5. The van der Waals surface area contributed by atoms with Crippen molar-refractivity contribution in [3.05, 3.63) is 18.2 Å². The van der Waals surface area contributed by atoms with E-state index in [-0.39, 0.29) is 0 Å². The fraction of sp³-hybridized carbons (Fsp3) is 0.769. The zero-order valence-corrected chi connectivity index (χ0v) is 11.4. The Balaban J connectivity index is 1.79. The molecule has 1 aromatic rings. The Labute approximate surface area is 109 Å². The molecule has 18 heavy (non-hydrogen) atoms. The average Bonchev–Trinajstić information content (AvgIpc) is 2.82. The van der Waals surface area contributed by atoms with Gasteiger partial charge >= 0.3 is 0 Å². The van der Waals surface area contributed by atoms with Gasteiger partial charge in [0.2, 0.25) is 0 Å². The van der Waals surface area contributed by atoms with Gasteiger partial charge in [-0.3, -0.25) is 4.90 Å². The molecule has 0 aromatic carbocycles. The van der Waals surface area contributed by atoms with Crippen LogP contribution in [0.3, 0.4) is 0 Å². The zero-order valence-electron chi connectivity index (χ0n) is 11.4. The van der Waals surface area contributed by atoms with Crippen molar-refractivity contribution in [2.45, 2.75) is 33.0 Å². The topological polar surface area (TPSA) is 42.3 Å². The summed E-state index contributed by atoms with van der Waals surface area (Å²) in [6, 6.07) is 0.495. The molecule has 2 heterocycles. The molecule has 1 aliphatic rings. The molecule has 5 nitrogen and oxygen atoms in total. The Bertz CT molecular complexity index is 345. The normalized spacial score (nSPS) is 17.5. The van der Waals surface area contributed by atoms with Gasteiger partial charge in [0.15, 0.2) is 0 Å². The number of imidazole rings is 1. The van der Waals surface area contributed by atoms with Crippen molar-refractivity contribution in [1.82, 2.24) is 19.8 Å². The highest BCUT2D eigenvalue weighted by Gasteiger charge is 2.11. The summed E-state index contributed by atoms with van der Waals surface area (Å²) in [7, 11) is 0. The number of ether oxygens (including phenoxy) is 1. The summed E-state index contributed by atoms with van der Waals surface area (Å²) >= 11 is 0. The van der Waals surface area contributed by atoms with Gasteiger partial charge in [0.05, 0.1) is 19.8 Å². The second-order valence-corrected chi connectivity index (χ2v) is 5.03. The Morgan fingerprint density at radius 1 is 1.33 bits per heavy atom. The lowest BCUT2D eigenvalue weighted by Crippen LogP contribution is -2.38. The van der Waals surface area contributed by atoms with E-state index in [4.69, 9.17) is 4.74 Å². The van der Waals surface area contributed by atoms with E-state index in [2.05, 4.69) is 39.8 Å². The van der Waals surface area contributed by atoms with Crippen molar-refractivity contribution >= 4 is 0 Å². The van der Waals surface area contributed by atoms with Gasteiger partial charge in [0, 0.05) is 44.6 Å². The maximum Gasteiger partial charge on any atom is 0.122 e. The molecule has 0 aliphatic carbocycles. The van der Waals surface area contributed by atoms with Crippen LogP contribution in [-0.2, 0) is 17.8 Å². The van der Waals surface area contributed by atoms with E-state index in [1.165, 1.54) is 0 Å². The molecular formula is C13H24N4O. The van der Waals surface area contributed by atoms with Crippen molar-refractivity contribution < 1.29 is 4.74 Å². The van der Waals surface area contributed by atoms with Gasteiger partial charge in [-0.1, -0.05) is 13.8 Å². The summed E-state index contributed by atoms with van der Waals surface area (Å²) in [5, 5.41) is 3.41. The van der Waals surface area contributed by atoms with Gasteiger partial charge in [-0.15, -0.1) is 0 Å². The zero-order chi connectivity index (χ0) is 12.8. The van der Waals surface area contributed by atoms with E-state index in [1.807, 2.05) is 6.20 Å². The van der Waals surface area contributed by atoms with Crippen LogP contribution in [-0.4, -0.2) is 53.3 Å². The number of morpholine rings is 1. The highest BCUT2D eigenvalue weighted by molar-refractivity contribution is 4.92. The maximum atomic E-state index is 5.35. The third-order valence-electron chi connectivity index (χ3n) is 3.23. The van der Waals surface area contributed by atoms with Crippen LogP contribution < -0.4 is 5.32 Å². The molecule has 0 amide bonds. The fourth-order valence-electron chi connectivity index (χ4n) is 2.08. The van der Waals surface area contributed by atoms with Crippen LogP contribution >= 0.6 is 0 Å². The van der Waals surface area contributed by atoms with Crippen LogP contribution in [0.2, 0.25) is 0 Å². The van der Waals surface area contributed by atoms with Crippen molar-refractivity contribution in [1.29, 1.82) is 0 Å². The molecule has 0 radical (unpaired) electrons. The van der Waals surface area contributed by atoms with E-state index in [9.17, 15) is 0 Å². The third-order valence-corrected chi connectivity index (χ3v) is 3.23. The van der Waals surface area contributed by atoms with Crippen LogP contribution in [0.5, 0.6) is 0 Å². The summed E-state index contributed by atoms with van der Waals surface area (Å²) in [6.07, 6.45) is 3.95. The molecule has 1 N–H and O–H groups in total. The fourth-order valence-corrected chi connectivity index (χ4v) is 2.08. The molecule has 0 atom stereocenters. The molecule has 0 spiro atoms. The molecule has 5 heteroatoms. The maximum absolute atomic E-state index is 5.35. The van der Waals surface area contributed by atoms with Crippen molar-refractivity contribution in [2.24, 2.45) is 0 Å². The largest absolute Gasteiger partial charge is 0.379 e. The van der Waals surface area contributed by atoms with E-state index >= 15 is 0 Å². The predicted molar refractivity (Wildman–Crippen MR) is 71.5 cm³/mol. The third kappa shape index (κ3) is 4.08. The number of hydrogen-bond acceptors (Lipinski definition) is 4. The van der Waals surface area contributed by atoms with E-state index in [1.54, 1.807) is 0 Å². The lowest BCUT2D eigenvalue weighted by Gasteiger charge is -2.26. The standard InChI is InChI=1S/C13H24N4O/c1-12(2)15-11-13-14-3-4-17(13)6-5-16-7-9-18-10-8-16/h3-4,12,15H,5-11H2,1-2H3. The van der Waals surface area contributed by atoms with Crippen LogP contribution in [0.4, 0.5) is 0 Å². The number of hydrogen-bond donors (Lipinski definition) is 1. The van der Waals surface area contributed by atoms with Gasteiger partial charge in [-0.25, -0.2) is 4.98 Å². The summed E-state index contributed by atoms with van der Waals surface area (Å²) in [5.41, 5.74) is 0. The first-order valence-corrected chi connectivity index (χ1v) is 6.79. The summed E-state index contributed by atoms with van der Waals surface area (Å²) in [4.78, 5) is 6.86. The van der Waals surface area contributed by atoms with Crippen molar-refractivity contribution in [2.75, 3.05) is 32.8 Å². The molecule has 1 aromatic heterocycles. The van der Waals surface area contributed by atoms with E-state index in [0.29, 0.717) is 6.04 Å². The minimum Gasteiger partial charge on any atom is -0.379 e. The SMILES string of the molecule is CC(C)NCc1nccn1CCN1CCOCC1. The first-order chi connectivity index (χ1) is 8.75. The Kier molecular flexibility index (Phi) is 5.16. The Morgan fingerprint density at radius 3 is 2.83 bits per heavy atom. The number of rotatable bonds is 6. The minimum atomic E-state index is 0.495. The molecule has 0 saturated carbocycles. The Hall–Kier alpha value is -0.910. The lowest BCUT2D eigenvalue weighted by molar-refractivity contribution is 0.0363. The molecule has 1 saturated heterocycles. The quantitative estimate of drug-likeness (QED) is 0.810. The van der Waals surface area contributed by atoms with Crippen LogP contribution in [0.1, 0.15) is 19.7 Å². The summed E-state index contributed by atoms with van der Waals surface area (Å²) in [6.45, 7) is 11.1. The minimum absolute atomic E-state index is 0.495. The second-order valence-electron chi connectivity index (χ2n) is 5.03. The molecule has 102 valence electrons. The lowest BCUT2D eigenvalue weighted by atomic mass is 10.4. The first-order valence-electron chi connectivity index (χ1n) is 6.79. The molecule has 2 rings (SSSR count). The van der Waals surface area contributed by atoms with Gasteiger partial charge in [-0.2, -0.15) is 0 Å². The highest BCUT2D eigenvalue weighted by atomic mass is 16.5. The molecular weight excluding hydrogens is 228 g/mol. The molecule has 0 bridgehead atoms. The second kappa shape index (κ2) is 6.87. The number of nitrogens with one attached hydrogen (secondary N) is 1. The predicted octanol–water partition coefficient (Wildman–Crippen LogP) is 0.713. The monoisotopic (exact) mass is 252 g/mol. The van der Waals surface area contributed by atoms with E-state index < -0.39 is 0 Å². The van der Waals surface area contributed by atoms with Crippen molar-refractivity contribution in [3.63, 3.8) is 0 Å². The highest BCUT2D eigenvalue weighted by Crippen LogP contribution is 2.01. The van der Waals surface area contributed by atoms with Gasteiger partial charge in [0.25, 0.3) is 0 Å². The van der Waals surface area contributed by atoms with Crippen LogP contribution in [0, 0.1) is 0 Å². The molecule has 1 fully saturated rings. The average molecular weight is 252 g/mol. The smallest absolute Gasteiger partial charge is 0.122 e. The number of nitrogens with zero attached hydrogens (tertiary/aromatic N) is 3. The van der Waals surface area contributed by atoms with Gasteiger partial charge in [0.1, 0.15) is 5.82 Å². The molecule has 0 unspecified atom stereocenters. The molecule has 1 aliphatic heterocycles. The van der Waals surface area contributed by atoms with Crippen LogP contribution in [0.15, 0.2) is 12.4 Å². The Morgan fingerprint density at radius 2 is 2.11 bits per heavy atom. The summed E-state index contributed by atoms with van der Waals surface area (Å²) in [5.74, 6) is 1.12. The summed E-state index contributed by atoms with van der Waals surface area (Å²) < 4.78 is 7.60. The van der Waals surface area contributed by atoms with E-state index in [0.717, 1.165) is 51.8 Å². The number of aromatic nitrogens is 2. The van der Waals surface area contributed by atoms with Crippen molar-refractivity contribution in [3.8, 4) is 0 Å². The van der Waals surface area contributed by atoms with Gasteiger partial charge < -0.3 is 14.6 Å².